The molecule has 0 aromatic heterocycles. The molecule has 0 saturated carbocycles. The molecule has 0 radical (unpaired) electrons. The summed E-state index contributed by atoms with van der Waals surface area (Å²) < 4.78 is 5.48. The molecule has 1 aliphatic rings. The second-order valence-electron chi connectivity index (χ2n) is 6.85. The maximum Gasteiger partial charge on any atom is 0.407 e. The summed E-state index contributed by atoms with van der Waals surface area (Å²) >= 11 is 0. The van der Waals surface area contributed by atoms with Gasteiger partial charge >= 0.3 is 6.09 Å². The van der Waals surface area contributed by atoms with Crippen molar-refractivity contribution in [2.24, 2.45) is 5.92 Å². The van der Waals surface area contributed by atoms with E-state index in [1.54, 1.807) is 0 Å². The minimum absolute atomic E-state index is 0.0529. The molecule has 3 rings (SSSR count). The quantitative estimate of drug-likeness (QED) is 0.779. The number of rotatable bonds is 7. The first kappa shape index (κ1) is 18.5. The third-order valence-corrected chi connectivity index (χ3v) is 5.39. The number of carbonyl (C=O) groups excluding carboxylic acids is 1. The summed E-state index contributed by atoms with van der Waals surface area (Å²) in [6.45, 7) is 4.61. The summed E-state index contributed by atoms with van der Waals surface area (Å²) in [7, 11) is 0. The average molecular weight is 353 g/mol. The van der Waals surface area contributed by atoms with Crippen LogP contribution in [-0.4, -0.2) is 30.5 Å². The van der Waals surface area contributed by atoms with E-state index in [1.807, 2.05) is 38.1 Å². The van der Waals surface area contributed by atoms with Gasteiger partial charge in [-0.05, 0) is 28.2 Å². The lowest BCUT2D eigenvalue weighted by molar-refractivity contribution is 0.0926. The number of nitrogens with one attached hydrogen (secondary N) is 1. The number of hydrogen-bond donors (Lipinski definition) is 2. The standard InChI is InChI=1S/C22H27NO3/c1-3-15(4-2)21(24)13-23-22(25)26-14-20-18-11-7-5-9-16(18)17-10-6-8-12-19(17)20/h5-12,15,20-21,24H,3-4,13-14H2,1-2H3,(H,23,25). The van der Waals surface area contributed by atoms with Gasteiger partial charge in [0.25, 0.3) is 0 Å². The Morgan fingerprint density at radius 2 is 1.58 bits per heavy atom. The van der Waals surface area contributed by atoms with Crippen molar-refractivity contribution in [2.45, 2.75) is 38.7 Å². The van der Waals surface area contributed by atoms with Gasteiger partial charge in [-0.25, -0.2) is 4.79 Å². The van der Waals surface area contributed by atoms with E-state index in [1.165, 1.54) is 22.3 Å². The third-order valence-electron chi connectivity index (χ3n) is 5.39. The maximum absolute atomic E-state index is 12.1. The van der Waals surface area contributed by atoms with E-state index in [0.717, 1.165) is 12.8 Å². The third kappa shape index (κ3) is 3.75. The first-order valence-electron chi connectivity index (χ1n) is 9.42. The zero-order valence-electron chi connectivity index (χ0n) is 15.4. The van der Waals surface area contributed by atoms with Gasteiger partial charge < -0.3 is 15.2 Å². The number of aliphatic hydroxyl groups excluding tert-OH is 1. The smallest absolute Gasteiger partial charge is 0.407 e. The normalized spacial score (nSPS) is 14.0. The average Bonchev–Trinajstić information content (AvgIpc) is 2.99. The Kier molecular flexibility index (Phi) is 5.94. The zero-order chi connectivity index (χ0) is 18.5. The largest absolute Gasteiger partial charge is 0.449 e. The lowest BCUT2D eigenvalue weighted by Crippen LogP contribution is -2.36. The highest BCUT2D eigenvalue weighted by Gasteiger charge is 2.29. The Morgan fingerprint density at radius 3 is 2.12 bits per heavy atom. The molecule has 1 atom stereocenters. The molecule has 1 aliphatic carbocycles. The van der Waals surface area contributed by atoms with Gasteiger partial charge in [-0.15, -0.1) is 0 Å². The van der Waals surface area contributed by atoms with Crippen molar-refractivity contribution in [3.8, 4) is 11.1 Å². The number of benzene rings is 2. The molecule has 0 bridgehead atoms. The Morgan fingerprint density at radius 1 is 1.04 bits per heavy atom. The molecule has 1 amide bonds. The van der Waals surface area contributed by atoms with Gasteiger partial charge in [0.2, 0.25) is 0 Å². The van der Waals surface area contributed by atoms with Gasteiger partial charge in [0.15, 0.2) is 0 Å². The molecule has 0 aliphatic heterocycles. The Balaban J connectivity index is 1.61. The van der Waals surface area contributed by atoms with Crippen LogP contribution in [0.15, 0.2) is 48.5 Å². The van der Waals surface area contributed by atoms with Crippen LogP contribution < -0.4 is 5.32 Å². The van der Waals surface area contributed by atoms with Gasteiger partial charge in [-0.2, -0.15) is 0 Å². The molecule has 0 heterocycles. The Labute approximate surface area is 155 Å². The van der Waals surface area contributed by atoms with Gasteiger partial charge in [0.05, 0.1) is 6.10 Å². The van der Waals surface area contributed by atoms with Crippen molar-refractivity contribution in [1.29, 1.82) is 0 Å². The van der Waals surface area contributed by atoms with Crippen molar-refractivity contribution in [3.63, 3.8) is 0 Å². The van der Waals surface area contributed by atoms with Crippen LogP contribution >= 0.6 is 0 Å². The molecule has 2 aromatic rings. The predicted molar refractivity (Wildman–Crippen MR) is 103 cm³/mol. The van der Waals surface area contributed by atoms with Gasteiger partial charge in [0, 0.05) is 12.5 Å². The Hall–Kier alpha value is -2.33. The zero-order valence-corrected chi connectivity index (χ0v) is 15.4. The van der Waals surface area contributed by atoms with Crippen molar-refractivity contribution < 1.29 is 14.6 Å². The number of amides is 1. The summed E-state index contributed by atoms with van der Waals surface area (Å²) in [6.07, 6.45) is 0.774. The number of ether oxygens (including phenoxy) is 1. The summed E-state index contributed by atoms with van der Waals surface area (Å²) in [5.41, 5.74) is 4.81. The van der Waals surface area contributed by atoms with Gasteiger partial charge in [-0.3, -0.25) is 0 Å². The van der Waals surface area contributed by atoms with Gasteiger partial charge in [-0.1, -0.05) is 75.2 Å². The number of fused-ring (bicyclic) bond motifs is 3. The fourth-order valence-corrected chi connectivity index (χ4v) is 3.84. The highest BCUT2D eigenvalue weighted by Crippen LogP contribution is 2.44. The number of hydrogen-bond acceptors (Lipinski definition) is 3. The van der Waals surface area contributed by atoms with Crippen molar-refractivity contribution in [2.75, 3.05) is 13.2 Å². The molecule has 26 heavy (non-hydrogen) atoms. The first-order valence-corrected chi connectivity index (χ1v) is 9.42. The second-order valence-corrected chi connectivity index (χ2v) is 6.85. The van der Waals surface area contributed by atoms with E-state index >= 15 is 0 Å². The summed E-state index contributed by atoms with van der Waals surface area (Å²) in [6, 6.07) is 16.5. The minimum atomic E-state index is -0.537. The number of aliphatic hydroxyl groups is 1. The number of carbonyl (C=O) groups is 1. The van der Waals surface area contributed by atoms with Crippen molar-refractivity contribution in [3.05, 3.63) is 59.7 Å². The molecule has 1 unspecified atom stereocenters. The molecule has 138 valence electrons. The maximum atomic E-state index is 12.1. The van der Waals surface area contributed by atoms with E-state index < -0.39 is 12.2 Å². The molecule has 2 N–H and O–H groups in total. The van der Waals surface area contributed by atoms with Crippen LogP contribution in [0.2, 0.25) is 0 Å². The van der Waals surface area contributed by atoms with E-state index in [2.05, 4.69) is 29.6 Å². The molecule has 4 heteroatoms. The van der Waals surface area contributed by atoms with E-state index in [-0.39, 0.29) is 18.4 Å². The lowest BCUT2D eigenvalue weighted by Gasteiger charge is -2.20. The highest BCUT2D eigenvalue weighted by molar-refractivity contribution is 5.79. The minimum Gasteiger partial charge on any atom is -0.449 e. The van der Waals surface area contributed by atoms with E-state index in [9.17, 15) is 9.90 Å². The highest BCUT2D eigenvalue weighted by atomic mass is 16.5. The Bertz CT molecular complexity index is 709. The lowest BCUT2D eigenvalue weighted by atomic mass is 9.97. The fraction of sp³-hybridized carbons (Fsp3) is 0.409. The summed E-state index contributed by atoms with van der Waals surface area (Å²) in [5, 5.41) is 12.8. The second kappa shape index (κ2) is 8.37. The topological polar surface area (TPSA) is 58.6 Å². The SMILES string of the molecule is CCC(CC)C(O)CNC(=O)OCC1c2ccccc2-c2ccccc21. The van der Waals surface area contributed by atoms with E-state index in [0.29, 0.717) is 6.61 Å². The molecule has 4 nitrogen and oxygen atoms in total. The molecular formula is C22H27NO3. The van der Waals surface area contributed by atoms with Crippen LogP contribution in [0.5, 0.6) is 0 Å². The molecule has 0 fully saturated rings. The van der Waals surface area contributed by atoms with Crippen LogP contribution in [0.1, 0.15) is 43.7 Å². The predicted octanol–water partition coefficient (Wildman–Crippen LogP) is 4.32. The molecule has 0 saturated heterocycles. The summed E-state index contributed by atoms with van der Waals surface area (Å²) in [4.78, 5) is 12.1. The van der Waals surface area contributed by atoms with Crippen molar-refractivity contribution >= 4 is 6.09 Å². The monoisotopic (exact) mass is 353 g/mol. The molecular weight excluding hydrogens is 326 g/mol. The molecule has 0 spiro atoms. The van der Waals surface area contributed by atoms with E-state index in [4.69, 9.17) is 4.74 Å². The van der Waals surface area contributed by atoms with Gasteiger partial charge in [0.1, 0.15) is 6.61 Å². The fourth-order valence-electron chi connectivity index (χ4n) is 3.84. The van der Waals surface area contributed by atoms with Crippen LogP contribution in [0.25, 0.3) is 11.1 Å². The van der Waals surface area contributed by atoms with Crippen molar-refractivity contribution in [1.82, 2.24) is 5.32 Å². The first-order chi connectivity index (χ1) is 12.7. The number of alkyl carbamates (subject to hydrolysis) is 1. The molecule has 2 aromatic carbocycles. The van der Waals surface area contributed by atoms with Crippen LogP contribution in [0.3, 0.4) is 0 Å². The van der Waals surface area contributed by atoms with Crippen LogP contribution in [0.4, 0.5) is 4.79 Å². The van der Waals surface area contributed by atoms with Crippen LogP contribution in [-0.2, 0) is 4.74 Å². The van der Waals surface area contributed by atoms with Crippen LogP contribution in [0, 0.1) is 5.92 Å². The summed E-state index contributed by atoms with van der Waals surface area (Å²) in [5.74, 6) is 0.251.